The van der Waals surface area contributed by atoms with Crippen molar-refractivity contribution in [2.45, 2.75) is 29.5 Å². The van der Waals surface area contributed by atoms with Gasteiger partial charge in [-0.15, -0.1) is 16.9 Å². The van der Waals surface area contributed by atoms with Crippen LogP contribution in [-0.2, 0) is 33.3 Å². The molecule has 3 aromatic rings. The highest BCUT2D eigenvalue weighted by molar-refractivity contribution is 8.01. The number of tetrazole rings is 1. The van der Waals surface area contributed by atoms with Gasteiger partial charge in [-0.3, -0.25) is 24.1 Å². The van der Waals surface area contributed by atoms with E-state index in [1.807, 2.05) is 0 Å². The number of carbonyl (C=O) groups is 4. The molecule has 0 radical (unpaired) electrons. The topological polar surface area (TPSA) is 191 Å². The minimum atomic E-state index is -1.25. The van der Waals surface area contributed by atoms with Gasteiger partial charge in [0, 0.05) is 43.6 Å². The summed E-state index contributed by atoms with van der Waals surface area (Å²) in [7, 11) is 3.40. The van der Waals surface area contributed by atoms with Crippen molar-refractivity contribution >= 4 is 47.2 Å². The number of thioether (sulfide) groups is 2. The number of carboxylic acid groups (broad SMARTS) is 1. The van der Waals surface area contributed by atoms with Crippen LogP contribution in [0.2, 0.25) is 0 Å². The first-order valence-electron chi connectivity index (χ1n) is 13.2. The molecule has 230 valence electrons. The van der Waals surface area contributed by atoms with Gasteiger partial charge in [-0.05, 0) is 28.5 Å². The van der Waals surface area contributed by atoms with Crippen molar-refractivity contribution < 1.29 is 29.0 Å². The Kier molecular flexibility index (Phi) is 9.05. The van der Waals surface area contributed by atoms with Gasteiger partial charge in [-0.25, -0.2) is 9.48 Å². The van der Waals surface area contributed by atoms with Gasteiger partial charge < -0.3 is 25.0 Å². The van der Waals surface area contributed by atoms with E-state index >= 15 is 0 Å². The van der Waals surface area contributed by atoms with E-state index in [9.17, 15) is 29.1 Å². The maximum atomic E-state index is 13.5. The molecule has 4 heterocycles. The third-order valence-electron chi connectivity index (χ3n) is 7.01. The van der Waals surface area contributed by atoms with Crippen LogP contribution in [0.25, 0.3) is 0 Å². The van der Waals surface area contributed by atoms with Crippen molar-refractivity contribution in [1.29, 1.82) is 0 Å². The number of β-lactam (4-membered cyclic amide) rings is 1. The molecular formula is C27H28N8O7S2. The van der Waals surface area contributed by atoms with Crippen LogP contribution >= 0.6 is 23.5 Å². The summed E-state index contributed by atoms with van der Waals surface area (Å²) in [5.41, 5.74) is 1.19. The molecule has 0 saturated carbocycles. The number of carbonyl (C=O) groups excluding carboxylic acids is 3. The molecule has 2 aliphatic rings. The summed E-state index contributed by atoms with van der Waals surface area (Å²) in [5.74, 6) is -2.60. The van der Waals surface area contributed by atoms with Crippen LogP contribution in [-0.4, -0.2) is 88.0 Å². The molecule has 2 unspecified atom stereocenters. The first kappa shape index (κ1) is 30.8. The molecule has 3 N–H and O–H groups in total. The van der Waals surface area contributed by atoms with Crippen LogP contribution in [0.1, 0.15) is 17.3 Å². The summed E-state index contributed by atoms with van der Waals surface area (Å²) >= 11 is 2.58. The number of aliphatic carboxylic acids is 1. The normalized spacial score (nSPS) is 18.2. The van der Waals surface area contributed by atoms with Crippen molar-refractivity contribution in [2.75, 3.05) is 18.1 Å². The van der Waals surface area contributed by atoms with Gasteiger partial charge in [0.05, 0.1) is 0 Å². The molecule has 0 aliphatic carbocycles. The Morgan fingerprint density at radius 2 is 1.95 bits per heavy atom. The fourth-order valence-corrected chi connectivity index (χ4v) is 6.97. The first-order valence-corrected chi connectivity index (χ1v) is 15.3. The quantitative estimate of drug-likeness (QED) is 0.188. The van der Waals surface area contributed by atoms with Gasteiger partial charge in [0.15, 0.2) is 12.4 Å². The second-order valence-corrected chi connectivity index (χ2v) is 12.0. The monoisotopic (exact) mass is 640 g/mol. The number of amides is 3. The number of aryl methyl sites for hydroxylation is 3. The molecule has 2 aromatic heterocycles. The smallest absolute Gasteiger partial charge is 0.352 e. The number of ether oxygens (including phenoxy) is 1. The van der Waals surface area contributed by atoms with Gasteiger partial charge in [-0.1, -0.05) is 42.1 Å². The lowest BCUT2D eigenvalue weighted by atomic mass is 10.0. The number of hydrogen-bond donors (Lipinski definition) is 3. The SMILES string of the molecule is Cc1cc(=O)c(OCC(=O)NC(C(=O)NC2C(=O)N3C(C(=O)O)=C(CSc4nnnn4C)CS[C@H]23)c2ccccc2)cn1C. The van der Waals surface area contributed by atoms with Crippen LogP contribution in [0, 0.1) is 6.92 Å². The molecule has 17 heteroatoms. The highest BCUT2D eigenvalue weighted by Gasteiger charge is 2.54. The van der Waals surface area contributed by atoms with Crippen LogP contribution < -0.4 is 20.8 Å². The largest absolute Gasteiger partial charge is 0.478 e. The van der Waals surface area contributed by atoms with Crippen molar-refractivity contribution in [2.24, 2.45) is 14.1 Å². The highest BCUT2D eigenvalue weighted by atomic mass is 32.2. The predicted molar refractivity (Wildman–Crippen MR) is 158 cm³/mol. The van der Waals surface area contributed by atoms with Crippen LogP contribution in [0.4, 0.5) is 0 Å². The van der Waals surface area contributed by atoms with E-state index in [2.05, 4.69) is 26.2 Å². The molecule has 3 atom stereocenters. The molecule has 15 nitrogen and oxygen atoms in total. The summed E-state index contributed by atoms with van der Waals surface area (Å²) in [6.45, 7) is 1.23. The van der Waals surface area contributed by atoms with Gasteiger partial charge >= 0.3 is 5.97 Å². The summed E-state index contributed by atoms with van der Waals surface area (Å²) in [5, 5.41) is 26.3. The highest BCUT2D eigenvalue weighted by Crippen LogP contribution is 2.41. The van der Waals surface area contributed by atoms with E-state index in [1.54, 1.807) is 55.9 Å². The molecule has 44 heavy (non-hydrogen) atoms. The number of pyridine rings is 1. The Labute approximate surface area is 259 Å². The lowest BCUT2D eigenvalue weighted by Gasteiger charge is -2.49. The molecule has 5 rings (SSSR count). The minimum absolute atomic E-state index is 0.0169. The van der Waals surface area contributed by atoms with E-state index in [1.165, 1.54) is 45.4 Å². The van der Waals surface area contributed by atoms with Gasteiger partial charge in [0.2, 0.25) is 16.5 Å². The average molecular weight is 641 g/mol. The van der Waals surface area contributed by atoms with Crippen LogP contribution in [0.5, 0.6) is 5.75 Å². The van der Waals surface area contributed by atoms with Gasteiger partial charge in [0.1, 0.15) is 23.2 Å². The Hall–Kier alpha value is -4.64. The number of aromatic nitrogens is 5. The van der Waals surface area contributed by atoms with Gasteiger partial charge in [0.25, 0.3) is 11.8 Å². The van der Waals surface area contributed by atoms with E-state index in [0.717, 1.165) is 0 Å². The number of fused-ring (bicyclic) bond motifs is 1. The maximum absolute atomic E-state index is 13.5. The summed E-state index contributed by atoms with van der Waals surface area (Å²) in [6, 6.07) is 7.63. The van der Waals surface area contributed by atoms with Crippen molar-refractivity contribution in [3.05, 3.63) is 75.3 Å². The number of hydrogen-bond acceptors (Lipinski definition) is 11. The maximum Gasteiger partial charge on any atom is 0.352 e. The molecule has 1 aromatic carbocycles. The molecule has 1 fully saturated rings. The predicted octanol–water partition coefficient (Wildman–Crippen LogP) is -0.0156. The average Bonchev–Trinajstić information content (AvgIpc) is 3.42. The number of nitrogens with zero attached hydrogens (tertiary/aromatic N) is 6. The molecular weight excluding hydrogens is 612 g/mol. The molecule has 2 aliphatic heterocycles. The lowest BCUT2D eigenvalue weighted by Crippen LogP contribution is -2.71. The zero-order chi connectivity index (χ0) is 31.5. The molecule has 3 amide bonds. The Balaban J connectivity index is 1.27. The summed E-state index contributed by atoms with van der Waals surface area (Å²) < 4.78 is 8.57. The number of nitrogens with one attached hydrogen (secondary N) is 2. The third-order valence-corrected chi connectivity index (χ3v) is 9.45. The molecule has 0 bridgehead atoms. The molecule has 1 saturated heterocycles. The zero-order valence-corrected chi connectivity index (χ0v) is 25.4. The Bertz CT molecular complexity index is 1710. The van der Waals surface area contributed by atoms with E-state index in [-0.39, 0.29) is 22.6 Å². The Morgan fingerprint density at radius 3 is 2.64 bits per heavy atom. The first-order chi connectivity index (χ1) is 21.0. The number of rotatable bonds is 11. The fourth-order valence-electron chi connectivity index (χ4n) is 4.63. The van der Waals surface area contributed by atoms with Gasteiger partial charge in [-0.2, -0.15) is 0 Å². The van der Waals surface area contributed by atoms with E-state index < -0.39 is 47.8 Å². The minimum Gasteiger partial charge on any atom is -0.478 e. The second kappa shape index (κ2) is 12.9. The third kappa shape index (κ3) is 6.33. The standard InChI is InChI=1S/C27H28N8O7S2/c1-14-9-17(36)18(10-33(14)2)42-11-19(37)28-20(15-7-5-4-6-8-15)23(38)29-21-24(39)35-22(26(40)41)16(12-43-25(21)35)13-44-27-30-31-32-34(27)3/h4-10,20-21,25H,11-13H2,1-3H3,(H,28,37)(H,29,38)(H,40,41)/t20?,21?,25-/m1/s1. The van der Waals surface area contributed by atoms with E-state index in [4.69, 9.17) is 4.74 Å². The van der Waals surface area contributed by atoms with Crippen LogP contribution in [0.15, 0.2) is 63.8 Å². The fraction of sp³-hybridized carbons (Fsp3) is 0.333. The van der Waals surface area contributed by atoms with Crippen molar-refractivity contribution in [1.82, 2.24) is 40.3 Å². The van der Waals surface area contributed by atoms with Crippen LogP contribution in [0.3, 0.4) is 0 Å². The zero-order valence-electron chi connectivity index (χ0n) is 23.8. The van der Waals surface area contributed by atoms with Crippen molar-refractivity contribution in [3.63, 3.8) is 0 Å². The molecule has 0 spiro atoms. The van der Waals surface area contributed by atoms with Crippen molar-refractivity contribution in [3.8, 4) is 5.75 Å². The Morgan fingerprint density at radius 1 is 1.20 bits per heavy atom. The summed E-state index contributed by atoms with van der Waals surface area (Å²) in [4.78, 5) is 65.2. The van der Waals surface area contributed by atoms with E-state index in [0.29, 0.717) is 27.7 Å². The number of benzene rings is 1. The lowest BCUT2D eigenvalue weighted by molar-refractivity contribution is -0.151. The second-order valence-electron chi connectivity index (χ2n) is 9.98. The number of carboxylic acids is 1. The summed E-state index contributed by atoms with van der Waals surface area (Å²) in [6.07, 6.45) is 1.47.